The summed E-state index contributed by atoms with van der Waals surface area (Å²) >= 11 is 0. The van der Waals surface area contributed by atoms with E-state index in [1.54, 1.807) is 25.1 Å². The van der Waals surface area contributed by atoms with Crippen LogP contribution in [0.4, 0.5) is 5.69 Å². The molecule has 0 unspecified atom stereocenters. The number of anilines is 1. The molecule has 106 valence electrons. The summed E-state index contributed by atoms with van der Waals surface area (Å²) in [5, 5.41) is 0. The fraction of sp³-hybridized carbons (Fsp3) is 0.571. The van der Waals surface area contributed by atoms with Crippen LogP contribution in [0.2, 0.25) is 0 Å². The van der Waals surface area contributed by atoms with Gasteiger partial charge in [-0.2, -0.15) is 0 Å². The molecule has 0 spiro atoms. The maximum absolute atomic E-state index is 12.5. The maximum atomic E-state index is 12.5. The van der Waals surface area contributed by atoms with Crippen LogP contribution in [-0.4, -0.2) is 14.5 Å². The number of nitrogens with one attached hydrogen (secondary N) is 1. The first-order valence-corrected chi connectivity index (χ1v) is 8.36. The Bertz CT molecular complexity index is 512. The van der Waals surface area contributed by atoms with Gasteiger partial charge in [-0.15, -0.1) is 0 Å². The van der Waals surface area contributed by atoms with E-state index in [0.717, 1.165) is 25.7 Å². The lowest BCUT2D eigenvalue weighted by Gasteiger charge is -2.18. The van der Waals surface area contributed by atoms with Gasteiger partial charge in [-0.05, 0) is 31.4 Å². The summed E-state index contributed by atoms with van der Waals surface area (Å²) in [7, 11) is -3.51. The summed E-state index contributed by atoms with van der Waals surface area (Å²) in [6.07, 6.45) is 6.43. The third-order valence-electron chi connectivity index (χ3n) is 3.69. The Labute approximate surface area is 115 Å². The Balaban J connectivity index is 2.22. The molecule has 1 saturated carbocycles. The Morgan fingerprint density at radius 1 is 1.16 bits per heavy atom. The third-order valence-corrected chi connectivity index (χ3v) is 5.43. The zero-order valence-electron chi connectivity index (χ0n) is 11.4. The summed E-state index contributed by atoms with van der Waals surface area (Å²) in [6.45, 7) is 1.78. The SMILES string of the molecule is Cc1cccc(N)c1S(=O)(=O)NC1CCCCCC1. The van der Waals surface area contributed by atoms with Gasteiger partial charge < -0.3 is 5.73 Å². The Morgan fingerprint density at radius 3 is 2.37 bits per heavy atom. The number of hydrogen-bond donors (Lipinski definition) is 2. The maximum Gasteiger partial charge on any atom is 0.243 e. The molecule has 2 rings (SSSR count). The van der Waals surface area contributed by atoms with Gasteiger partial charge >= 0.3 is 0 Å². The lowest BCUT2D eigenvalue weighted by atomic mass is 10.1. The normalized spacial score (nSPS) is 18.2. The second-order valence-corrected chi connectivity index (χ2v) is 6.95. The van der Waals surface area contributed by atoms with Gasteiger partial charge in [0.25, 0.3) is 0 Å². The quantitative estimate of drug-likeness (QED) is 0.661. The largest absolute Gasteiger partial charge is 0.398 e. The molecular formula is C14H22N2O2S. The second kappa shape index (κ2) is 5.92. The highest BCUT2D eigenvalue weighted by molar-refractivity contribution is 7.89. The Hall–Kier alpha value is -1.07. The summed E-state index contributed by atoms with van der Waals surface area (Å²) in [5.74, 6) is 0. The highest BCUT2D eigenvalue weighted by Gasteiger charge is 2.24. The molecule has 19 heavy (non-hydrogen) atoms. The minimum Gasteiger partial charge on any atom is -0.398 e. The third kappa shape index (κ3) is 3.48. The van der Waals surface area contributed by atoms with Crippen molar-refractivity contribution in [2.75, 3.05) is 5.73 Å². The molecule has 4 nitrogen and oxygen atoms in total. The lowest BCUT2D eigenvalue weighted by molar-refractivity contribution is 0.510. The van der Waals surface area contributed by atoms with E-state index in [1.807, 2.05) is 0 Å². The molecule has 0 atom stereocenters. The van der Waals surface area contributed by atoms with Crippen LogP contribution in [0.5, 0.6) is 0 Å². The van der Waals surface area contributed by atoms with E-state index < -0.39 is 10.0 Å². The van der Waals surface area contributed by atoms with Crippen LogP contribution >= 0.6 is 0 Å². The van der Waals surface area contributed by atoms with Crippen LogP contribution in [0, 0.1) is 6.92 Å². The minimum absolute atomic E-state index is 0.0477. The van der Waals surface area contributed by atoms with Gasteiger partial charge in [-0.3, -0.25) is 0 Å². The summed E-state index contributed by atoms with van der Waals surface area (Å²) in [4.78, 5) is 0.235. The molecule has 0 saturated heterocycles. The van der Waals surface area contributed by atoms with Gasteiger partial charge in [0.2, 0.25) is 10.0 Å². The van der Waals surface area contributed by atoms with Gasteiger partial charge in [0.05, 0.1) is 5.69 Å². The molecule has 1 aliphatic rings. The predicted octanol–water partition coefficient (Wildman–Crippen LogP) is 2.58. The molecule has 0 radical (unpaired) electrons. The van der Waals surface area contributed by atoms with Crippen molar-refractivity contribution in [1.29, 1.82) is 0 Å². The van der Waals surface area contributed by atoms with Crippen molar-refractivity contribution in [2.24, 2.45) is 0 Å². The lowest BCUT2D eigenvalue weighted by Crippen LogP contribution is -2.35. The summed E-state index contributed by atoms with van der Waals surface area (Å²) < 4.78 is 27.8. The van der Waals surface area contributed by atoms with Crippen LogP contribution in [0.15, 0.2) is 23.1 Å². The monoisotopic (exact) mass is 282 g/mol. The molecule has 0 aromatic heterocycles. The molecule has 1 fully saturated rings. The molecule has 0 aliphatic heterocycles. The van der Waals surface area contributed by atoms with Crippen LogP contribution < -0.4 is 10.5 Å². The molecular weight excluding hydrogens is 260 g/mol. The van der Waals surface area contributed by atoms with E-state index >= 15 is 0 Å². The molecule has 1 aromatic carbocycles. The van der Waals surface area contributed by atoms with Gasteiger partial charge in [0.1, 0.15) is 4.90 Å². The second-order valence-electron chi connectivity index (χ2n) is 5.30. The first-order valence-electron chi connectivity index (χ1n) is 6.88. The van der Waals surface area contributed by atoms with Gasteiger partial charge in [-0.25, -0.2) is 13.1 Å². The number of nitrogens with two attached hydrogens (primary N) is 1. The van der Waals surface area contributed by atoms with Crippen LogP contribution in [0.3, 0.4) is 0 Å². The topological polar surface area (TPSA) is 72.2 Å². The zero-order chi connectivity index (χ0) is 13.9. The molecule has 3 N–H and O–H groups in total. The molecule has 1 aliphatic carbocycles. The fourth-order valence-corrected chi connectivity index (χ4v) is 4.38. The van der Waals surface area contributed by atoms with Crippen molar-refractivity contribution >= 4 is 15.7 Å². The van der Waals surface area contributed by atoms with Gasteiger partial charge in [-0.1, -0.05) is 37.8 Å². The highest BCUT2D eigenvalue weighted by Crippen LogP contribution is 2.24. The van der Waals surface area contributed by atoms with Crippen LogP contribution in [-0.2, 0) is 10.0 Å². The average Bonchev–Trinajstić information content (AvgIpc) is 2.56. The van der Waals surface area contributed by atoms with Crippen LogP contribution in [0.1, 0.15) is 44.1 Å². The number of rotatable bonds is 3. The van der Waals surface area contributed by atoms with Gasteiger partial charge in [0.15, 0.2) is 0 Å². The van der Waals surface area contributed by atoms with Crippen molar-refractivity contribution < 1.29 is 8.42 Å². The summed E-state index contributed by atoms with van der Waals surface area (Å²) in [5.41, 5.74) is 6.84. The fourth-order valence-electron chi connectivity index (χ4n) is 2.72. The number of hydrogen-bond acceptors (Lipinski definition) is 3. The number of sulfonamides is 1. The van der Waals surface area contributed by atoms with E-state index in [9.17, 15) is 8.42 Å². The molecule has 0 heterocycles. The highest BCUT2D eigenvalue weighted by atomic mass is 32.2. The Morgan fingerprint density at radius 2 is 1.79 bits per heavy atom. The predicted molar refractivity (Wildman–Crippen MR) is 77.4 cm³/mol. The van der Waals surface area contributed by atoms with Crippen molar-refractivity contribution in [3.05, 3.63) is 23.8 Å². The van der Waals surface area contributed by atoms with Crippen molar-refractivity contribution in [3.8, 4) is 0 Å². The molecule has 5 heteroatoms. The van der Waals surface area contributed by atoms with E-state index in [2.05, 4.69) is 4.72 Å². The number of benzene rings is 1. The number of aryl methyl sites for hydroxylation is 1. The van der Waals surface area contributed by atoms with Crippen molar-refractivity contribution in [1.82, 2.24) is 4.72 Å². The smallest absolute Gasteiger partial charge is 0.243 e. The van der Waals surface area contributed by atoms with E-state index in [0.29, 0.717) is 11.3 Å². The minimum atomic E-state index is -3.51. The van der Waals surface area contributed by atoms with Crippen molar-refractivity contribution in [2.45, 2.75) is 56.4 Å². The molecule has 0 bridgehead atoms. The molecule has 0 amide bonds. The Kier molecular flexibility index (Phi) is 4.47. The van der Waals surface area contributed by atoms with E-state index in [4.69, 9.17) is 5.73 Å². The average molecular weight is 282 g/mol. The van der Waals surface area contributed by atoms with Crippen LogP contribution in [0.25, 0.3) is 0 Å². The van der Waals surface area contributed by atoms with Crippen molar-refractivity contribution in [3.63, 3.8) is 0 Å². The standard InChI is InChI=1S/C14H22N2O2S/c1-11-7-6-10-13(15)14(11)19(17,18)16-12-8-4-2-3-5-9-12/h6-7,10,12,16H,2-5,8-9,15H2,1H3. The van der Waals surface area contributed by atoms with E-state index in [1.165, 1.54) is 12.8 Å². The zero-order valence-corrected chi connectivity index (χ0v) is 12.2. The summed E-state index contributed by atoms with van der Waals surface area (Å²) in [6, 6.07) is 5.23. The first kappa shape index (κ1) is 14.3. The number of nitrogen functional groups attached to an aromatic ring is 1. The molecule has 1 aromatic rings. The van der Waals surface area contributed by atoms with Gasteiger partial charge in [0, 0.05) is 6.04 Å². The first-order chi connectivity index (χ1) is 9.00. The van der Waals surface area contributed by atoms with E-state index in [-0.39, 0.29) is 10.9 Å².